The molecule has 1 aromatic heterocycles. The molecular weight excluding hydrogens is 325 g/mol. The third-order valence-electron chi connectivity index (χ3n) is 2.15. The van der Waals surface area contributed by atoms with E-state index in [2.05, 4.69) is 15.5 Å². The molecule has 0 radical (unpaired) electrons. The number of anilines is 1. The Bertz CT molecular complexity index is 623. The molecular formula is C11H9ClFN3O2S2. The zero-order chi connectivity index (χ0) is 14.5. The minimum atomic E-state index is -0.902. The van der Waals surface area contributed by atoms with Gasteiger partial charge in [0.15, 0.2) is 4.34 Å². The van der Waals surface area contributed by atoms with Gasteiger partial charge in [0, 0.05) is 6.54 Å². The van der Waals surface area contributed by atoms with Crippen LogP contribution in [0.1, 0.15) is 5.56 Å². The standard InChI is InChI=1S/C11H9ClFN3O2S2/c12-7-3-6(1-2-8(7)13)4-14-10-15-16-11(20-10)19-5-9(17)18/h1-3H,4-5H2,(H,14,15)(H,17,18). The molecule has 0 saturated carbocycles. The Morgan fingerprint density at radius 3 is 3.00 bits per heavy atom. The van der Waals surface area contributed by atoms with Crippen molar-refractivity contribution in [1.29, 1.82) is 0 Å². The van der Waals surface area contributed by atoms with Gasteiger partial charge >= 0.3 is 5.97 Å². The molecule has 0 amide bonds. The molecule has 0 unspecified atom stereocenters. The van der Waals surface area contributed by atoms with Crippen LogP contribution in [0.2, 0.25) is 5.02 Å². The molecule has 2 aromatic rings. The van der Waals surface area contributed by atoms with Crippen LogP contribution in [0.5, 0.6) is 0 Å². The van der Waals surface area contributed by atoms with E-state index in [0.29, 0.717) is 16.0 Å². The Morgan fingerprint density at radius 2 is 2.30 bits per heavy atom. The van der Waals surface area contributed by atoms with Gasteiger partial charge in [-0.1, -0.05) is 40.8 Å². The lowest BCUT2D eigenvalue weighted by atomic mass is 10.2. The molecule has 0 fully saturated rings. The van der Waals surface area contributed by atoms with Crippen LogP contribution < -0.4 is 5.32 Å². The van der Waals surface area contributed by atoms with Gasteiger partial charge in [-0.15, -0.1) is 10.2 Å². The smallest absolute Gasteiger partial charge is 0.313 e. The predicted octanol–water partition coefficient (Wildman–Crippen LogP) is 3.12. The van der Waals surface area contributed by atoms with Gasteiger partial charge in [-0.25, -0.2) is 4.39 Å². The number of carboxylic acids is 1. The summed E-state index contributed by atoms with van der Waals surface area (Å²) in [5.74, 6) is -1.42. The van der Waals surface area contributed by atoms with Gasteiger partial charge in [-0.2, -0.15) is 0 Å². The number of thioether (sulfide) groups is 1. The van der Waals surface area contributed by atoms with Gasteiger partial charge in [0.2, 0.25) is 5.13 Å². The van der Waals surface area contributed by atoms with Crippen LogP contribution in [0, 0.1) is 5.82 Å². The maximum absolute atomic E-state index is 13.0. The molecule has 1 heterocycles. The zero-order valence-electron chi connectivity index (χ0n) is 9.97. The molecule has 0 aliphatic rings. The molecule has 0 saturated heterocycles. The number of nitrogens with one attached hydrogen (secondary N) is 1. The Labute approximate surface area is 127 Å². The van der Waals surface area contributed by atoms with Gasteiger partial charge in [-0.3, -0.25) is 4.79 Å². The molecule has 0 spiro atoms. The van der Waals surface area contributed by atoms with Crippen LogP contribution in [0.25, 0.3) is 0 Å². The van der Waals surface area contributed by atoms with Crippen molar-refractivity contribution in [3.05, 3.63) is 34.6 Å². The van der Waals surface area contributed by atoms with E-state index in [1.165, 1.54) is 23.5 Å². The van der Waals surface area contributed by atoms with Crippen molar-refractivity contribution >= 4 is 45.8 Å². The number of carbonyl (C=O) groups is 1. The van der Waals surface area contributed by atoms with E-state index in [1.807, 2.05) is 0 Å². The second-order valence-corrected chi connectivity index (χ2v) is 6.26. The molecule has 2 N–H and O–H groups in total. The van der Waals surface area contributed by atoms with Crippen molar-refractivity contribution in [3.63, 3.8) is 0 Å². The summed E-state index contributed by atoms with van der Waals surface area (Å²) < 4.78 is 13.6. The van der Waals surface area contributed by atoms with Gasteiger partial charge in [0.05, 0.1) is 10.8 Å². The average Bonchev–Trinajstić information content (AvgIpc) is 2.86. The summed E-state index contributed by atoms with van der Waals surface area (Å²) in [7, 11) is 0. The molecule has 1 aromatic carbocycles. The second-order valence-electron chi connectivity index (χ2n) is 3.66. The highest BCUT2D eigenvalue weighted by Crippen LogP contribution is 2.25. The zero-order valence-corrected chi connectivity index (χ0v) is 12.4. The fourth-order valence-electron chi connectivity index (χ4n) is 1.29. The minimum absolute atomic E-state index is 0.0534. The number of hydrogen-bond donors (Lipinski definition) is 2. The molecule has 0 bridgehead atoms. The van der Waals surface area contributed by atoms with Crippen LogP contribution >= 0.6 is 34.7 Å². The number of rotatable bonds is 6. The summed E-state index contributed by atoms with van der Waals surface area (Å²) in [4.78, 5) is 10.4. The maximum atomic E-state index is 13.0. The topological polar surface area (TPSA) is 75.1 Å². The number of hydrogen-bond acceptors (Lipinski definition) is 6. The van der Waals surface area contributed by atoms with E-state index >= 15 is 0 Å². The Morgan fingerprint density at radius 1 is 1.50 bits per heavy atom. The molecule has 5 nitrogen and oxygen atoms in total. The first-order valence-electron chi connectivity index (χ1n) is 5.40. The summed E-state index contributed by atoms with van der Waals surface area (Å²) in [6.45, 7) is 0.429. The van der Waals surface area contributed by atoms with Crippen molar-refractivity contribution in [2.75, 3.05) is 11.1 Å². The average molecular weight is 334 g/mol. The largest absolute Gasteiger partial charge is 0.481 e. The van der Waals surface area contributed by atoms with Crippen LogP contribution in [0.3, 0.4) is 0 Å². The highest BCUT2D eigenvalue weighted by Gasteiger charge is 2.07. The van der Waals surface area contributed by atoms with E-state index in [0.717, 1.165) is 17.3 Å². The monoisotopic (exact) mass is 333 g/mol. The van der Waals surface area contributed by atoms with Crippen LogP contribution in [0.4, 0.5) is 9.52 Å². The molecule has 2 rings (SSSR count). The molecule has 0 aliphatic heterocycles. The van der Waals surface area contributed by atoms with Crippen molar-refractivity contribution in [3.8, 4) is 0 Å². The summed E-state index contributed by atoms with van der Waals surface area (Å²) in [6.07, 6.45) is 0. The molecule has 0 atom stereocenters. The SMILES string of the molecule is O=C(O)CSc1nnc(NCc2ccc(F)c(Cl)c2)s1. The van der Waals surface area contributed by atoms with Crippen molar-refractivity contribution in [1.82, 2.24) is 10.2 Å². The van der Waals surface area contributed by atoms with Gasteiger partial charge < -0.3 is 10.4 Å². The number of aromatic nitrogens is 2. The highest BCUT2D eigenvalue weighted by molar-refractivity contribution is 8.01. The third-order valence-corrected chi connectivity index (χ3v) is 4.44. The summed E-state index contributed by atoms with van der Waals surface area (Å²) in [5.41, 5.74) is 0.811. The van der Waals surface area contributed by atoms with E-state index < -0.39 is 11.8 Å². The summed E-state index contributed by atoms with van der Waals surface area (Å²) >= 11 is 8.05. The van der Waals surface area contributed by atoms with Crippen LogP contribution in [-0.4, -0.2) is 27.0 Å². The number of carboxylic acid groups (broad SMARTS) is 1. The first-order valence-corrected chi connectivity index (χ1v) is 7.58. The molecule has 0 aliphatic carbocycles. The molecule has 106 valence electrons. The van der Waals surface area contributed by atoms with E-state index in [9.17, 15) is 9.18 Å². The van der Waals surface area contributed by atoms with Crippen molar-refractivity contribution < 1.29 is 14.3 Å². The van der Waals surface area contributed by atoms with Crippen LogP contribution in [0.15, 0.2) is 22.5 Å². The Kier molecular flexibility index (Phi) is 5.16. The number of halogens is 2. The molecule has 20 heavy (non-hydrogen) atoms. The van der Waals surface area contributed by atoms with Crippen molar-refractivity contribution in [2.45, 2.75) is 10.9 Å². The van der Waals surface area contributed by atoms with Crippen LogP contribution in [-0.2, 0) is 11.3 Å². The van der Waals surface area contributed by atoms with E-state index in [1.54, 1.807) is 6.07 Å². The minimum Gasteiger partial charge on any atom is -0.481 e. The van der Waals surface area contributed by atoms with E-state index in [4.69, 9.17) is 16.7 Å². The first kappa shape index (κ1) is 15.0. The number of aliphatic carboxylic acids is 1. The number of benzene rings is 1. The predicted molar refractivity (Wildman–Crippen MR) is 77.0 cm³/mol. The summed E-state index contributed by atoms with van der Waals surface area (Å²) in [6, 6.07) is 4.45. The molecule has 9 heteroatoms. The maximum Gasteiger partial charge on any atom is 0.313 e. The first-order chi connectivity index (χ1) is 9.54. The quantitative estimate of drug-likeness (QED) is 0.791. The fraction of sp³-hybridized carbons (Fsp3) is 0.182. The van der Waals surface area contributed by atoms with Gasteiger partial charge in [0.1, 0.15) is 5.82 Å². The second kappa shape index (κ2) is 6.87. The Hall–Kier alpha value is -1.38. The normalized spacial score (nSPS) is 10.5. The Balaban J connectivity index is 1.90. The third kappa shape index (κ3) is 4.32. The lowest BCUT2D eigenvalue weighted by molar-refractivity contribution is -0.133. The fourth-order valence-corrected chi connectivity index (χ4v) is 2.96. The lowest BCUT2D eigenvalue weighted by Gasteiger charge is -2.03. The summed E-state index contributed by atoms with van der Waals surface area (Å²) in [5, 5.41) is 20.0. The van der Waals surface area contributed by atoms with Gasteiger partial charge in [-0.05, 0) is 17.7 Å². The van der Waals surface area contributed by atoms with Gasteiger partial charge in [0.25, 0.3) is 0 Å². The highest BCUT2D eigenvalue weighted by atomic mass is 35.5. The number of nitrogens with zero attached hydrogens (tertiary/aromatic N) is 2. The van der Waals surface area contributed by atoms with E-state index in [-0.39, 0.29) is 10.8 Å². The lowest BCUT2D eigenvalue weighted by Crippen LogP contribution is -1.99. The van der Waals surface area contributed by atoms with Crippen molar-refractivity contribution in [2.24, 2.45) is 0 Å².